The van der Waals surface area contributed by atoms with Crippen molar-refractivity contribution in [2.75, 3.05) is 27.8 Å². The van der Waals surface area contributed by atoms with Gasteiger partial charge >= 0.3 is 0 Å². The largest absolute Gasteiger partial charge is 0.497 e. The van der Waals surface area contributed by atoms with E-state index in [-0.39, 0.29) is 5.78 Å². The Morgan fingerprint density at radius 2 is 2.05 bits per heavy atom. The number of aryl methyl sites for hydroxylation is 1. The molecule has 0 bridgehead atoms. The topological polar surface area (TPSA) is 63.4 Å². The quantitative estimate of drug-likeness (QED) is 0.808. The number of carbonyl (C=O) groups is 1. The van der Waals surface area contributed by atoms with Crippen molar-refractivity contribution in [2.24, 2.45) is 0 Å². The minimum absolute atomic E-state index is 0.0368. The zero-order chi connectivity index (χ0) is 14.0. The van der Waals surface area contributed by atoms with Crippen molar-refractivity contribution in [2.45, 2.75) is 6.92 Å². The Bertz CT molecular complexity index is 617. The van der Waals surface area contributed by atoms with E-state index in [1.807, 2.05) is 13.0 Å². The number of nitrogens with one attached hydrogen (secondary N) is 2. The number of likely N-dealkylation sites (N-methyl/N-ethyl adjacent to an activating group) is 1. The number of Topliss-reactive ketones (excluding diaryl/α,β-unsaturated/α-hetero) is 1. The maximum Gasteiger partial charge on any atom is 0.179 e. The second-order valence-electron chi connectivity index (χ2n) is 4.33. The number of benzene rings is 1. The molecule has 2 aromatic rings. The van der Waals surface area contributed by atoms with E-state index in [2.05, 4.69) is 10.3 Å². The molecule has 5 heteroatoms. The smallest absolute Gasteiger partial charge is 0.179 e. The van der Waals surface area contributed by atoms with Gasteiger partial charge < -0.3 is 19.8 Å². The van der Waals surface area contributed by atoms with Crippen LogP contribution in [0, 0.1) is 6.92 Å². The summed E-state index contributed by atoms with van der Waals surface area (Å²) in [5, 5.41) is 3.69. The predicted molar refractivity (Wildman–Crippen MR) is 74.4 cm³/mol. The molecule has 0 atom stereocenters. The second kappa shape index (κ2) is 5.32. The highest BCUT2D eigenvalue weighted by Gasteiger charge is 2.19. The molecule has 5 nitrogen and oxygen atoms in total. The van der Waals surface area contributed by atoms with Gasteiger partial charge in [-0.2, -0.15) is 0 Å². The minimum atomic E-state index is 0.0368. The summed E-state index contributed by atoms with van der Waals surface area (Å²) in [6.45, 7) is 2.18. The molecular formula is C14H18N2O3. The Kier molecular flexibility index (Phi) is 3.76. The van der Waals surface area contributed by atoms with Gasteiger partial charge in [0.25, 0.3) is 0 Å². The average Bonchev–Trinajstić information content (AvgIpc) is 2.73. The summed E-state index contributed by atoms with van der Waals surface area (Å²) in [4.78, 5) is 15.4. The summed E-state index contributed by atoms with van der Waals surface area (Å²) in [7, 11) is 4.94. The summed E-state index contributed by atoms with van der Waals surface area (Å²) in [5.74, 6) is 1.37. The Labute approximate surface area is 111 Å². The second-order valence-corrected chi connectivity index (χ2v) is 4.33. The highest BCUT2D eigenvalue weighted by atomic mass is 16.5. The van der Waals surface area contributed by atoms with E-state index in [0.717, 1.165) is 16.6 Å². The van der Waals surface area contributed by atoms with Crippen LogP contribution >= 0.6 is 0 Å². The minimum Gasteiger partial charge on any atom is -0.497 e. The third-order valence-corrected chi connectivity index (χ3v) is 3.09. The molecule has 0 saturated carbocycles. The molecule has 0 spiro atoms. The fourth-order valence-electron chi connectivity index (χ4n) is 2.27. The number of hydrogen-bond donors (Lipinski definition) is 2. The summed E-state index contributed by atoms with van der Waals surface area (Å²) >= 11 is 0. The van der Waals surface area contributed by atoms with Gasteiger partial charge in [-0.15, -0.1) is 0 Å². The number of carbonyl (C=O) groups excluding carboxylic acids is 1. The lowest BCUT2D eigenvalue weighted by molar-refractivity contribution is 0.0994. The molecule has 2 N–H and O–H groups in total. The van der Waals surface area contributed by atoms with Gasteiger partial charge in [0.2, 0.25) is 0 Å². The van der Waals surface area contributed by atoms with Crippen LogP contribution in [-0.2, 0) is 0 Å². The number of H-pyrrole nitrogens is 1. The van der Waals surface area contributed by atoms with Crippen LogP contribution in [0.3, 0.4) is 0 Å². The van der Waals surface area contributed by atoms with E-state index in [0.29, 0.717) is 23.6 Å². The first-order chi connectivity index (χ1) is 9.12. The lowest BCUT2D eigenvalue weighted by Gasteiger charge is -2.07. The summed E-state index contributed by atoms with van der Waals surface area (Å²) in [5.41, 5.74) is 2.35. The van der Waals surface area contributed by atoms with E-state index >= 15 is 0 Å². The Morgan fingerprint density at radius 1 is 1.32 bits per heavy atom. The number of aromatic nitrogens is 1. The van der Waals surface area contributed by atoms with Crippen LogP contribution in [0.5, 0.6) is 11.5 Å². The normalized spacial score (nSPS) is 10.7. The fraction of sp³-hybridized carbons (Fsp3) is 0.357. The monoisotopic (exact) mass is 262 g/mol. The number of aromatic amines is 1. The molecule has 0 saturated heterocycles. The van der Waals surface area contributed by atoms with Crippen molar-refractivity contribution in [1.82, 2.24) is 10.3 Å². The Balaban J connectivity index is 2.71. The molecule has 0 fully saturated rings. The average molecular weight is 262 g/mol. The Hall–Kier alpha value is -2.01. The van der Waals surface area contributed by atoms with Gasteiger partial charge in [0.1, 0.15) is 11.5 Å². The first kappa shape index (κ1) is 13.4. The van der Waals surface area contributed by atoms with Crippen molar-refractivity contribution in [3.05, 3.63) is 23.4 Å². The van der Waals surface area contributed by atoms with Crippen LogP contribution < -0.4 is 14.8 Å². The molecule has 1 heterocycles. The molecule has 1 aromatic carbocycles. The molecule has 0 amide bonds. The highest BCUT2D eigenvalue weighted by molar-refractivity contribution is 6.12. The standard InChI is InChI=1S/C14H18N2O3/c1-8-13(11(17)7-15-2)14-10(16-8)5-9(18-3)6-12(14)19-4/h5-6,15-16H,7H2,1-4H3. The van der Waals surface area contributed by atoms with Crippen molar-refractivity contribution >= 4 is 16.7 Å². The molecular weight excluding hydrogens is 244 g/mol. The molecule has 0 aliphatic carbocycles. The summed E-state index contributed by atoms with van der Waals surface area (Å²) in [6, 6.07) is 3.65. The van der Waals surface area contributed by atoms with Gasteiger partial charge in [-0.05, 0) is 14.0 Å². The number of ketones is 1. The van der Waals surface area contributed by atoms with Crippen LogP contribution in [0.4, 0.5) is 0 Å². The third kappa shape index (κ3) is 2.29. The van der Waals surface area contributed by atoms with E-state index in [1.54, 1.807) is 27.3 Å². The van der Waals surface area contributed by atoms with Gasteiger partial charge in [-0.25, -0.2) is 0 Å². The van der Waals surface area contributed by atoms with Gasteiger partial charge in [0.05, 0.1) is 37.2 Å². The maximum atomic E-state index is 12.2. The van der Waals surface area contributed by atoms with Crippen LogP contribution in [0.2, 0.25) is 0 Å². The van der Waals surface area contributed by atoms with E-state index in [4.69, 9.17) is 9.47 Å². The van der Waals surface area contributed by atoms with Gasteiger partial charge in [0, 0.05) is 17.8 Å². The molecule has 19 heavy (non-hydrogen) atoms. The van der Waals surface area contributed by atoms with Crippen molar-refractivity contribution in [3.63, 3.8) is 0 Å². The van der Waals surface area contributed by atoms with Crippen molar-refractivity contribution in [1.29, 1.82) is 0 Å². The lowest BCUT2D eigenvalue weighted by Crippen LogP contribution is -2.19. The molecule has 0 radical (unpaired) electrons. The molecule has 2 rings (SSSR count). The van der Waals surface area contributed by atoms with Gasteiger partial charge in [-0.3, -0.25) is 4.79 Å². The number of ether oxygens (including phenoxy) is 2. The maximum absolute atomic E-state index is 12.2. The molecule has 1 aromatic heterocycles. The van der Waals surface area contributed by atoms with Crippen LogP contribution in [0.1, 0.15) is 16.1 Å². The zero-order valence-electron chi connectivity index (χ0n) is 11.6. The number of hydrogen-bond acceptors (Lipinski definition) is 4. The number of fused-ring (bicyclic) bond motifs is 1. The van der Waals surface area contributed by atoms with Crippen molar-refractivity contribution < 1.29 is 14.3 Å². The third-order valence-electron chi connectivity index (χ3n) is 3.09. The van der Waals surface area contributed by atoms with Gasteiger partial charge in [-0.1, -0.05) is 0 Å². The SMILES string of the molecule is CNCC(=O)c1c(C)[nH]c2cc(OC)cc(OC)c12. The van der Waals surface area contributed by atoms with Crippen LogP contribution in [0.15, 0.2) is 12.1 Å². The Morgan fingerprint density at radius 3 is 2.63 bits per heavy atom. The van der Waals surface area contributed by atoms with E-state index < -0.39 is 0 Å². The number of rotatable bonds is 5. The van der Waals surface area contributed by atoms with Gasteiger partial charge in [0.15, 0.2) is 5.78 Å². The van der Waals surface area contributed by atoms with E-state index in [9.17, 15) is 4.79 Å². The lowest BCUT2D eigenvalue weighted by atomic mass is 10.1. The highest BCUT2D eigenvalue weighted by Crippen LogP contribution is 2.35. The molecule has 0 aliphatic rings. The van der Waals surface area contributed by atoms with E-state index in [1.165, 1.54) is 0 Å². The summed E-state index contributed by atoms with van der Waals surface area (Å²) in [6.07, 6.45) is 0. The van der Waals surface area contributed by atoms with Crippen molar-refractivity contribution in [3.8, 4) is 11.5 Å². The number of methoxy groups -OCH3 is 2. The molecule has 0 unspecified atom stereocenters. The van der Waals surface area contributed by atoms with Crippen LogP contribution in [0.25, 0.3) is 10.9 Å². The van der Waals surface area contributed by atoms with Crippen LogP contribution in [-0.4, -0.2) is 38.6 Å². The first-order valence-electron chi connectivity index (χ1n) is 6.04. The first-order valence-corrected chi connectivity index (χ1v) is 6.04. The zero-order valence-corrected chi connectivity index (χ0v) is 11.6. The summed E-state index contributed by atoms with van der Waals surface area (Å²) < 4.78 is 10.6. The molecule has 102 valence electrons. The molecule has 0 aliphatic heterocycles. The predicted octanol–water partition coefficient (Wildman–Crippen LogP) is 1.90. The fourth-order valence-corrected chi connectivity index (χ4v) is 2.27.